The summed E-state index contributed by atoms with van der Waals surface area (Å²) in [5.74, 6) is -1.70. The number of halogens is 1. The molecular weight excluding hydrogens is 404 g/mol. The van der Waals surface area contributed by atoms with Gasteiger partial charge in [0.15, 0.2) is 0 Å². The zero-order chi connectivity index (χ0) is 21.7. The highest BCUT2D eigenvalue weighted by molar-refractivity contribution is 6.30. The monoisotopic (exact) mass is 430 g/mol. The van der Waals surface area contributed by atoms with Crippen molar-refractivity contribution in [3.8, 4) is 0 Å². The van der Waals surface area contributed by atoms with Gasteiger partial charge < -0.3 is 19.5 Å². The summed E-state index contributed by atoms with van der Waals surface area (Å²) in [6, 6.07) is 10.8. The Morgan fingerprint density at radius 1 is 1.30 bits per heavy atom. The van der Waals surface area contributed by atoms with Gasteiger partial charge in [0, 0.05) is 35.8 Å². The van der Waals surface area contributed by atoms with E-state index < -0.39 is 17.0 Å². The van der Waals surface area contributed by atoms with Crippen LogP contribution in [0.5, 0.6) is 0 Å². The van der Waals surface area contributed by atoms with E-state index in [2.05, 4.69) is 4.98 Å². The Morgan fingerprint density at radius 2 is 2.00 bits per heavy atom. The van der Waals surface area contributed by atoms with Crippen LogP contribution < -0.4 is 0 Å². The molecule has 3 atom stereocenters. The van der Waals surface area contributed by atoms with E-state index >= 15 is 0 Å². The minimum absolute atomic E-state index is 0.128. The number of carbonyl (C=O) groups excluding carboxylic acids is 1. The molecule has 0 bridgehead atoms. The number of fused-ring (bicyclic) bond motifs is 2. The van der Waals surface area contributed by atoms with Crippen LogP contribution in [0.1, 0.15) is 57.4 Å². The Hall–Kier alpha value is -2.15. The first kappa shape index (κ1) is 21.1. The quantitative estimate of drug-likeness (QED) is 0.717. The maximum atomic E-state index is 12.6. The highest BCUT2D eigenvalue weighted by atomic mass is 35.5. The second-order valence-corrected chi connectivity index (χ2v) is 9.56. The van der Waals surface area contributed by atoms with E-state index in [1.165, 1.54) is 0 Å². The summed E-state index contributed by atoms with van der Waals surface area (Å²) in [4.78, 5) is 18.7. The minimum atomic E-state index is -1.70. The third kappa shape index (κ3) is 3.57. The standard InChI is InChI=1S/C23H27ClN2O4/c1-15-14-22(10-12-26(15)20(27)29-21(2,3)4)17-7-5-6-8-18(17)23(28,30-22)19-13-16(24)9-11-25-19/h5-9,11,13,15,28H,10,12,14H2,1-4H3. The molecule has 7 heteroatoms. The number of amides is 1. The Labute approximate surface area is 181 Å². The zero-order valence-corrected chi connectivity index (χ0v) is 18.4. The smallest absolute Gasteiger partial charge is 0.410 e. The van der Waals surface area contributed by atoms with Crippen molar-refractivity contribution in [3.63, 3.8) is 0 Å². The molecule has 2 aliphatic rings. The fourth-order valence-corrected chi connectivity index (χ4v) is 4.65. The Balaban J connectivity index is 1.67. The highest BCUT2D eigenvalue weighted by Crippen LogP contribution is 2.54. The number of benzene rings is 1. The summed E-state index contributed by atoms with van der Waals surface area (Å²) < 4.78 is 12.0. The van der Waals surface area contributed by atoms with Crippen molar-refractivity contribution in [2.75, 3.05) is 6.54 Å². The largest absolute Gasteiger partial charge is 0.444 e. The molecule has 4 rings (SSSR count). The van der Waals surface area contributed by atoms with E-state index in [-0.39, 0.29) is 12.1 Å². The third-order valence-corrected chi connectivity index (χ3v) is 5.97. The van der Waals surface area contributed by atoms with Crippen molar-refractivity contribution < 1.29 is 19.4 Å². The van der Waals surface area contributed by atoms with E-state index in [0.717, 1.165) is 5.56 Å². The van der Waals surface area contributed by atoms with Gasteiger partial charge in [-0.15, -0.1) is 0 Å². The van der Waals surface area contributed by atoms with Gasteiger partial charge in [-0.2, -0.15) is 0 Å². The van der Waals surface area contributed by atoms with Crippen LogP contribution >= 0.6 is 11.6 Å². The van der Waals surface area contributed by atoms with Crippen molar-refractivity contribution in [1.29, 1.82) is 0 Å². The molecule has 1 N–H and O–H groups in total. The fourth-order valence-electron chi connectivity index (χ4n) is 4.49. The molecule has 1 amide bonds. The topological polar surface area (TPSA) is 71.9 Å². The van der Waals surface area contributed by atoms with E-state index in [1.54, 1.807) is 23.2 Å². The third-order valence-electron chi connectivity index (χ3n) is 5.74. The van der Waals surface area contributed by atoms with Crippen LogP contribution in [0, 0.1) is 0 Å². The molecule has 6 nitrogen and oxygen atoms in total. The van der Waals surface area contributed by atoms with Gasteiger partial charge >= 0.3 is 6.09 Å². The number of hydrogen-bond acceptors (Lipinski definition) is 5. The lowest BCUT2D eigenvalue weighted by Gasteiger charge is -2.44. The number of nitrogens with zero attached hydrogens (tertiary/aromatic N) is 2. The molecule has 1 aromatic carbocycles. The van der Waals surface area contributed by atoms with Crippen molar-refractivity contribution in [3.05, 3.63) is 64.4 Å². The van der Waals surface area contributed by atoms with Crippen molar-refractivity contribution in [2.45, 2.75) is 63.6 Å². The summed E-state index contributed by atoms with van der Waals surface area (Å²) in [7, 11) is 0. The number of ether oxygens (including phenoxy) is 2. The van der Waals surface area contributed by atoms with Gasteiger partial charge in [-0.05, 0) is 51.8 Å². The number of aromatic nitrogens is 1. The van der Waals surface area contributed by atoms with Crippen LogP contribution in [0.2, 0.25) is 5.02 Å². The maximum absolute atomic E-state index is 12.6. The molecule has 3 unspecified atom stereocenters. The summed E-state index contributed by atoms with van der Waals surface area (Å²) in [6.07, 6.45) is 2.30. The van der Waals surface area contributed by atoms with Crippen LogP contribution in [0.3, 0.4) is 0 Å². The lowest BCUT2D eigenvalue weighted by Crippen LogP contribution is -2.52. The van der Waals surface area contributed by atoms with Crippen LogP contribution in [-0.2, 0) is 20.9 Å². The molecule has 160 valence electrons. The lowest BCUT2D eigenvalue weighted by molar-refractivity contribution is -0.249. The van der Waals surface area contributed by atoms with Crippen LogP contribution in [0.15, 0.2) is 42.6 Å². The molecular formula is C23H27ClN2O4. The molecule has 2 aromatic rings. The highest BCUT2D eigenvalue weighted by Gasteiger charge is 2.56. The summed E-state index contributed by atoms with van der Waals surface area (Å²) in [6.45, 7) is 8.01. The first-order valence-corrected chi connectivity index (χ1v) is 10.6. The first-order valence-electron chi connectivity index (χ1n) is 10.2. The van der Waals surface area contributed by atoms with Gasteiger partial charge in [0.2, 0.25) is 5.79 Å². The lowest BCUT2D eigenvalue weighted by atomic mass is 9.80. The minimum Gasteiger partial charge on any atom is -0.444 e. The Morgan fingerprint density at radius 3 is 2.63 bits per heavy atom. The number of carbonyl (C=O) groups is 1. The Bertz CT molecular complexity index is 976. The number of piperidine rings is 1. The SMILES string of the molecule is CC1CC2(CCN1C(=O)OC(C)(C)C)OC(O)(c1cc(Cl)ccn1)c1ccccc12. The van der Waals surface area contributed by atoms with Gasteiger partial charge in [-0.1, -0.05) is 35.9 Å². The molecule has 1 spiro atoms. The van der Waals surface area contributed by atoms with Gasteiger partial charge in [-0.3, -0.25) is 4.98 Å². The van der Waals surface area contributed by atoms with E-state index in [1.807, 2.05) is 52.0 Å². The Kier molecular flexibility index (Phi) is 5.08. The molecule has 30 heavy (non-hydrogen) atoms. The van der Waals surface area contributed by atoms with E-state index in [4.69, 9.17) is 21.1 Å². The fraction of sp³-hybridized carbons (Fsp3) is 0.478. The first-order chi connectivity index (χ1) is 14.0. The molecule has 1 saturated heterocycles. The number of pyridine rings is 1. The molecule has 0 saturated carbocycles. The molecule has 2 aliphatic heterocycles. The van der Waals surface area contributed by atoms with E-state index in [9.17, 15) is 9.90 Å². The molecule has 0 aliphatic carbocycles. The number of likely N-dealkylation sites (tertiary alicyclic amines) is 1. The molecule has 1 aromatic heterocycles. The van der Waals surface area contributed by atoms with Crippen molar-refractivity contribution in [2.24, 2.45) is 0 Å². The van der Waals surface area contributed by atoms with Gasteiger partial charge in [0.25, 0.3) is 0 Å². The predicted molar refractivity (Wildman–Crippen MR) is 113 cm³/mol. The molecule has 3 heterocycles. The summed E-state index contributed by atoms with van der Waals surface area (Å²) in [5, 5.41) is 12.1. The number of rotatable bonds is 1. The van der Waals surface area contributed by atoms with Crippen LogP contribution in [0.4, 0.5) is 4.79 Å². The number of hydrogen-bond donors (Lipinski definition) is 1. The molecule has 1 fully saturated rings. The average molecular weight is 431 g/mol. The van der Waals surface area contributed by atoms with Crippen molar-refractivity contribution in [1.82, 2.24) is 9.88 Å². The summed E-state index contributed by atoms with van der Waals surface area (Å²) in [5.41, 5.74) is 0.651. The molecule has 0 radical (unpaired) electrons. The second kappa shape index (κ2) is 7.22. The van der Waals surface area contributed by atoms with Crippen LogP contribution in [-0.4, -0.2) is 39.3 Å². The predicted octanol–water partition coefficient (Wildman–Crippen LogP) is 4.57. The van der Waals surface area contributed by atoms with Crippen LogP contribution in [0.25, 0.3) is 0 Å². The average Bonchev–Trinajstić information content (AvgIpc) is 2.90. The van der Waals surface area contributed by atoms with Gasteiger partial charge in [-0.25, -0.2) is 4.79 Å². The zero-order valence-electron chi connectivity index (χ0n) is 17.7. The second-order valence-electron chi connectivity index (χ2n) is 9.12. The van der Waals surface area contributed by atoms with Crippen molar-refractivity contribution >= 4 is 17.7 Å². The maximum Gasteiger partial charge on any atom is 0.410 e. The summed E-state index contributed by atoms with van der Waals surface area (Å²) >= 11 is 6.15. The normalized spacial score (nSPS) is 28.5. The van der Waals surface area contributed by atoms with E-state index in [0.29, 0.717) is 35.7 Å². The number of aliphatic hydroxyl groups is 1. The van der Waals surface area contributed by atoms with Gasteiger partial charge in [0.1, 0.15) is 16.9 Å². The van der Waals surface area contributed by atoms with Gasteiger partial charge in [0.05, 0.1) is 0 Å².